The molecule has 1 atom stereocenters. The summed E-state index contributed by atoms with van der Waals surface area (Å²) in [6, 6.07) is 6.19. The van der Waals surface area contributed by atoms with E-state index in [1.54, 1.807) is 7.11 Å². The van der Waals surface area contributed by atoms with E-state index in [-0.39, 0.29) is 6.04 Å². The Morgan fingerprint density at radius 2 is 2.11 bits per heavy atom. The van der Waals surface area contributed by atoms with Crippen molar-refractivity contribution >= 4 is 10.9 Å². The van der Waals surface area contributed by atoms with E-state index in [0.717, 1.165) is 37.2 Å². The number of nitrogens with one attached hydrogen (secondary N) is 2. The maximum atomic E-state index is 6.48. The van der Waals surface area contributed by atoms with Crippen LogP contribution in [0.1, 0.15) is 24.4 Å². The number of hydrogen-bond acceptors (Lipinski definition) is 3. The van der Waals surface area contributed by atoms with Crippen LogP contribution in [-0.2, 0) is 0 Å². The Bertz CT molecular complexity index is 558. The summed E-state index contributed by atoms with van der Waals surface area (Å²) in [6.07, 6.45) is 4.35. The molecule has 0 radical (unpaired) electrons. The third kappa shape index (κ3) is 2.33. The number of hydrogen-bond donors (Lipinski definition) is 3. The molecule has 1 aliphatic heterocycles. The molecule has 2 aromatic rings. The summed E-state index contributed by atoms with van der Waals surface area (Å²) in [5, 5.41) is 4.57. The molecular weight excluding hydrogens is 238 g/mol. The third-order valence-electron chi connectivity index (χ3n) is 4.17. The standard InChI is InChI=1S/C15H21N3O/c1-19-11-2-3-14-12(8-11)13(9-18-14)15(16)10-4-6-17-7-5-10/h2-3,8-10,15,17-18H,4-7,16H2,1H3/t15-/m1/s1. The summed E-state index contributed by atoms with van der Waals surface area (Å²) in [5.41, 5.74) is 8.82. The first-order valence-corrected chi connectivity index (χ1v) is 6.91. The topological polar surface area (TPSA) is 63.1 Å². The molecule has 4 heteroatoms. The van der Waals surface area contributed by atoms with E-state index in [1.807, 2.05) is 12.1 Å². The first-order valence-electron chi connectivity index (χ1n) is 6.91. The van der Waals surface area contributed by atoms with E-state index >= 15 is 0 Å². The normalized spacial score (nSPS) is 18.6. The van der Waals surface area contributed by atoms with Crippen LogP contribution in [0.3, 0.4) is 0 Å². The van der Waals surface area contributed by atoms with E-state index in [1.165, 1.54) is 10.9 Å². The second kappa shape index (κ2) is 5.23. The maximum absolute atomic E-state index is 6.48. The van der Waals surface area contributed by atoms with Gasteiger partial charge in [-0.1, -0.05) is 0 Å². The summed E-state index contributed by atoms with van der Waals surface area (Å²) in [6.45, 7) is 2.15. The average molecular weight is 259 g/mol. The molecule has 0 amide bonds. The molecule has 0 bridgehead atoms. The van der Waals surface area contributed by atoms with Crippen molar-refractivity contribution in [2.45, 2.75) is 18.9 Å². The molecule has 0 spiro atoms. The second-order valence-electron chi connectivity index (χ2n) is 5.27. The van der Waals surface area contributed by atoms with Crippen LogP contribution in [0.25, 0.3) is 10.9 Å². The molecule has 19 heavy (non-hydrogen) atoms. The first kappa shape index (κ1) is 12.5. The van der Waals surface area contributed by atoms with Crippen LogP contribution in [0.2, 0.25) is 0 Å². The SMILES string of the molecule is COc1ccc2[nH]cc([C@H](N)C3CCNCC3)c2c1. The monoisotopic (exact) mass is 259 g/mol. The molecule has 1 saturated heterocycles. The fraction of sp³-hybridized carbons (Fsp3) is 0.467. The Morgan fingerprint density at radius 3 is 2.84 bits per heavy atom. The first-order chi connectivity index (χ1) is 9.29. The predicted octanol–water partition coefficient (Wildman–Crippen LogP) is 2.18. The maximum Gasteiger partial charge on any atom is 0.119 e. The Morgan fingerprint density at radius 1 is 1.32 bits per heavy atom. The van der Waals surface area contributed by atoms with Crippen molar-refractivity contribution in [3.63, 3.8) is 0 Å². The number of nitrogens with two attached hydrogens (primary N) is 1. The number of fused-ring (bicyclic) bond motifs is 1. The fourth-order valence-electron chi connectivity index (χ4n) is 2.98. The molecule has 1 aromatic heterocycles. The van der Waals surface area contributed by atoms with E-state index in [2.05, 4.69) is 22.6 Å². The van der Waals surface area contributed by atoms with Gasteiger partial charge in [-0.05, 0) is 55.6 Å². The van der Waals surface area contributed by atoms with Crippen molar-refractivity contribution in [1.29, 1.82) is 0 Å². The lowest BCUT2D eigenvalue weighted by Gasteiger charge is -2.28. The van der Waals surface area contributed by atoms with Crippen LogP contribution >= 0.6 is 0 Å². The lowest BCUT2D eigenvalue weighted by Crippen LogP contribution is -2.33. The van der Waals surface area contributed by atoms with Gasteiger partial charge >= 0.3 is 0 Å². The minimum absolute atomic E-state index is 0.1000. The summed E-state index contributed by atoms with van der Waals surface area (Å²) in [5.74, 6) is 1.44. The van der Waals surface area contributed by atoms with Crippen molar-refractivity contribution in [1.82, 2.24) is 10.3 Å². The number of H-pyrrole nitrogens is 1. The quantitative estimate of drug-likeness (QED) is 0.791. The van der Waals surface area contributed by atoms with E-state index < -0.39 is 0 Å². The number of rotatable bonds is 3. The van der Waals surface area contributed by atoms with Crippen LogP contribution in [0.15, 0.2) is 24.4 Å². The van der Waals surface area contributed by atoms with Crippen LogP contribution < -0.4 is 15.8 Å². The highest BCUT2D eigenvalue weighted by Crippen LogP contribution is 2.33. The van der Waals surface area contributed by atoms with Gasteiger partial charge < -0.3 is 20.8 Å². The Hall–Kier alpha value is -1.52. The number of aromatic amines is 1. The lowest BCUT2D eigenvalue weighted by molar-refractivity contribution is 0.323. The molecule has 0 unspecified atom stereocenters. The zero-order valence-electron chi connectivity index (χ0n) is 11.3. The van der Waals surface area contributed by atoms with Crippen LogP contribution in [0.5, 0.6) is 5.75 Å². The van der Waals surface area contributed by atoms with Gasteiger partial charge in [-0.25, -0.2) is 0 Å². The summed E-state index contributed by atoms with van der Waals surface area (Å²) in [7, 11) is 1.69. The lowest BCUT2D eigenvalue weighted by atomic mass is 9.86. The number of ether oxygens (including phenoxy) is 1. The van der Waals surface area contributed by atoms with Gasteiger partial charge in [0.25, 0.3) is 0 Å². The van der Waals surface area contributed by atoms with Gasteiger partial charge in [0.15, 0.2) is 0 Å². The number of benzene rings is 1. The Kier molecular flexibility index (Phi) is 3.44. The summed E-state index contributed by atoms with van der Waals surface area (Å²) >= 11 is 0. The molecule has 2 heterocycles. The Balaban J connectivity index is 1.94. The number of piperidine rings is 1. The second-order valence-corrected chi connectivity index (χ2v) is 5.27. The zero-order chi connectivity index (χ0) is 13.2. The van der Waals surface area contributed by atoms with Gasteiger partial charge in [0.05, 0.1) is 7.11 Å². The molecule has 4 nitrogen and oxygen atoms in total. The number of aromatic nitrogens is 1. The largest absolute Gasteiger partial charge is 0.497 e. The minimum Gasteiger partial charge on any atom is -0.497 e. The summed E-state index contributed by atoms with van der Waals surface area (Å²) < 4.78 is 5.31. The molecule has 102 valence electrons. The van der Waals surface area contributed by atoms with Crippen molar-refractivity contribution in [3.05, 3.63) is 30.0 Å². The van der Waals surface area contributed by atoms with E-state index in [0.29, 0.717) is 5.92 Å². The van der Waals surface area contributed by atoms with Crippen molar-refractivity contribution in [2.24, 2.45) is 11.7 Å². The van der Waals surface area contributed by atoms with Gasteiger partial charge in [0.1, 0.15) is 5.75 Å². The van der Waals surface area contributed by atoms with Crippen LogP contribution in [0.4, 0.5) is 0 Å². The third-order valence-corrected chi connectivity index (χ3v) is 4.17. The van der Waals surface area contributed by atoms with Gasteiger partial charge in [-0.15, -0.1) is 0 Å². The molecule has 1 fully saturated rings. The van der Waals surface area contributed by atoms with Crippen LogP contribution in [-0.4, -0.2) is 25.2 Å². The molecule has 0 aliphatic carbocycles. The summed E-state index contributed by atoms with van der Waals surface area (Å²) in [4.78, 5) is 3.31. The highest BCUT2D eigenvalue weighted by atomic mass is 16.5. The number of methoxy groups -OCH3 is 1. The van der Waals surface area contributed by atoms with Crippen molar-refractivity contribution in [3.8, 4) is 5.75 Å². The van der Waals surface area contributed by atoms with Crippen molar-refractivity contribution < 1.29 is 4.74 Å². The van der Waals surface area contributed by atoms with Crippen molar-refractivity contribution in [2.75, 3.05) is 20.2 Å². The van der Waals surface area contributed by atoms with Crippen LogP contribution in [0, 0.1) is 5.92 Å². The molecule has 0 saturated carbocycles. The predicted molar refractivity (Wildman–Crippen MR) is 77.4 cm³/mol. The van der Waals surface area contributed by atoms with E-state index in [9.17, 15) is 0 Å². The van der Waals surface area contributed by atoms with Gasteiger partial charge in [-0.3, -0.25) is 0 Å². The minimum atomic E-state index is 0.1000. The van der Waals surface area contributed by atoms with E-state index in [4.69, 9.17) is 10.5 Å². The Labute approximate surface area is 113 Å². The van der Waals surface area contributed by atoms with Gasteiger partial charge in [-0.2, -0.15) is 0 Å². The van der Waals surface area contributed by atoms with Gasteiger partial charge in [0, 0.05) is 23.1 Å². The average Bonchev–Trinajstić information content (AvgIpc) is 2.90. The molecule has 1 aliphatic rings. The molecular formula is C15H21N3O. The molecule has 4 N–H and O–H groups in total. The highest BCUT2D eigenvalue weighted by molar-refractivity contribution is 5.85. The fourth-order valence-corrected chi connectivity index (χ4v) is 2.98. The smallest absolute Gasteiger partial charge is 0.119 e. The highest BCUT2D eigenvalue weighted by Gasteiger charge is 2.23. The zero-order valence-corrected chi connectivity index (χ0v) is 11.3. The molecule has 3 rings (SSSR count). The molecule has 1 aromatic carbocycles. The van der Waals surface area contributed by atoms with Gasteiger partial charge in [0.2, 0.25) is 0 Å².